The van der Waals surface area contributed by atoms with Crippen molar-refractivity contribution in [1.82, 2.24) is 0 Å². The van der Waals surface area contributed by atoms with Gasteiger partial charge in [0.2, 0.25) is 0 Å². The van der Waals surface area contributed by atoms with Gasteiger partial charge in [0.1, 0.15) is 0 Å². The molecule has 0 spiro atoms. The van der Waals surface area contributed by atoms with E-state index in [1.165, 1.54) is 0 Å². The summed E-state index contributed by atoms with van der Waals surface area (Å²) in [6.45, 7) is 0. The Morgan fingerprint density at radius 1 is 0.571 bits per heavy atom. The van der Waals surface area contributed by atoms with Crippen LogP contribution in [0.5, 0.6) is 0 Å². The molecule has 0 heterocycles. The number of fused-ring (bicyclic) bond motifs is 1. The summed E-state index contributed by atoms with van der Waals surface area (Å²) in [6, 6.07) is 25.4. The van der Waals surface area contributed by atoms with Gasteiger partial charge in [-0.2, -0.15) is 0 Å². The molecule has 4 aromatic carbocycles. The van der Waals surface area contributed by atoms with Crippen molar-refractivity contribution < 1.29 is 4.79 Å². The molecular weight excluding hydrogens is 348 g/mol. The third kappa shape index (κ3) is 4.04. The quantitative estimate of drug-likeness (QED) is 0.313. The Bertz CT molecular complexity index is 1100. The van der Waals surface area contributed by atoms with Gasteiger partial charge in [0.25, 0.3) is 0 Å². The molecule has 8 N–H and O–H groups in total. The van der Waals surface area contributed by atoms with Gasteiger partial charge in [0.05, 0.1) is 0 Å². The first-order valence-corrected chi connectivity index (χ1v) is 8.75. The summed E-state index contributed by atoms with van der Waals surface area (Å²) in [5, 5.41) is 2.05. The lowest BCUT2D eigenvalue weighted by molar-refractivity contribution is 0.103. The maximum atomic E-state index is 12.1. The molecule has 0 bridgehead atoms. The summed E-state index contributed by atoms with van der Waals surface area (Å²) < 4.78 is 0. The zero-order valence-corrected chi connectivity index (χ0v) is 15.3. The summed E-state index contributed by atoms with van der Waals surface area (Å²) in [6.07, 6.45) is 0. The fraction of sp³-hybridized carbons (Fsp3) is 0. The van der Waals surface area contributed by atoms with E-state index < -0.39 is 0 Å². The summed E-state index contributed by atoms with van der Waals surface area (Å²) >= 11 is 0. The van der Waals surface area contributed by atoms with Crippen LogP contribution in [0, 0.1) is 0 Å². The predicted molar refractivity (Wildman–Crippen MR) is 118 cm³/mol. The van der Waals surface area contributed by atoms with E-state index >= 15 is 0 Å². The van der Waals surface area contributed by atoms with Gasteiger partial charge in [-0.05, 0) is 36.4 Å². The SMILES string of the molecule is Nc1cccc(C(=O)c2ccccc2N)c1.Nc1cccc2c(N)cccc12. The molecule has 5 heteroatoms. The zero-order chi connectivity index (χ0) is 20.1. The predicted octanol–water partition coefficient (Wildman–Crippen LogP) is 4.09. The zero-order valence-electron chi connectivity index (χ0n) is 15.3. The van der Waals surface area contributed by atoms with Gasteiger partial charge in [-0.3, -0.25) is 4.79 Å². The molecule has 0 aliphatic heterocycles. The summed E-state index contributed by atoms with van der Waals surface area (Å²) in [5.41, 5.74) is 26.6. The second kappa shape index (κ2) is 8.14. The molecule has 140 valence electrons. The number of carbonyl (C=O) groups excluding carboxylic acids is 1. The van der Waals surface area contributed by atoms with Gasteiger partial charge >= 0.3 is 0 Å². The van der Waals surface area contributed by atoms with Crippen molar-refractivity contribution in [1.29, 1.82) is 0 Å². The standard InChI is InChI=1S/C13H12N2O.C10H10N2/c14-10-5-3-4-9(8-10)13(16)11-6-1-2-7-12(11)15;11-9-5-1-3-7-8(9)4-2-6-10(7)12/h1-8H,14-15H2;1-6H,11-12H2. The molecule has 4 aromatic rings. The highest BCUT2D eigenvalue weighted by Crippen LogP contribution is 2.25. The van der Waals surface area contributed by atoms with Crippen molar-refractivity contribution in [3.8, 4) is 0 Å². The third-order valence-corrected chi connectivity index (χ3v) is 4.34. The van der Waals surface area contributed by atoms with Crippen LogP contribution in [0.25, 0.3) is 10.8 Å². The van der Waals surface area contributed by atoms with Gasteiger partial charge in [0, 0.05) is 44.6 Å². The first kappa shape index (κ1) is 18.8. The minimum atomic E-state index is -0.106. The van der Waals surface area contributed by atoms with E-state index in [1.807, 2.05) is 36.4 Å². The molecule has 0 saturated heterocycles. The van der Waals surface area contributed by atoms with Crippen LogP contribution in [0.3, 0.4) is 0 Å². The molecule has 4 rings (SSSR count). The van der Waals surface area contributed by atoms with Crippen LogP contribution < -0.4 is 22.9 Å². The van der Waals surface area contributed by atoms with Gasteiger partial charge in [-0.15, -0.1) is 0 Å². The molecule has 0 aliphatic carbocycles. The Labute approximate surface area is 163 Å². The Morgan fingerprint density at radius 2 is 1.11 bits per heavy atom. The average Bonchev–Trinajstić information content (AvgIpc) is 2.69. The second-order valence-corrected chi connectivity index (χ2v) is 6.33. The van der Waals surface area contributed by atoms with Crippen molar-refractivity contribution in [3.05, 3.63) is 96.1 Å². The van der Waals surface area contributed by atoms with Crippen LogP contribution in [0.15, 0.2) is 84.9 Å². The van der Waals surface area contributed by atoms with Crippen molar-refractivity contribution >= 4 is 39.3 Å². The van der Waals surface area contributed by atoms with E-state index in [0.29, 0.717) is 22.5 Å². The molecule has 0 atom stereocenters. The Balaban J connectivity index is 0.000000167. The third-order valence-electron chi connectivity index (χ3n) is 4.34. The van der Waals surface area contributed by atoms with Crippen LogP contribution in [0.1, 0.15) is 15.9 Å². The first-order chi connectivity index (χ1) is 13.5. The van der Waals surface area contributed by atoms with Gasteiger partial charge < -0.3 is 22.9 Å². The maximum absolute atomic E-state index is 12.1. The number of para-hydroxylation sites is 1. The largest absolute Gasteiger partial charge is 0.399 e. The monoisotopic (exact) mass is 370 g/mol. The van der Waals surface area contributed by atoms with Gasteiger partial charge in [-0.1, -0.05) is 48.5 Å². The molecule has 0 radical (unpaired) electrons. The molecule has 0 saturated carbocycles. The number of nitrogen functional groups attached to an aromatic ring is 4. The van der Waals surface area contributed by atoms with Crippen molar-refractivity contribution in [2.75, 3.05) is 22.9 Å². The van der Waals surface area contributed by atoms with Gasteiger partial charge in [-0.25, -0.2) is 0 Å². The number of carbonyl (C=O) groups is 1. The lowest BCUT2D eigenvalue weighted by atomic mass is 10.0. The number of rotatable bonds is 2. The minimum absolute atomic E-state index is 0.106. The smallest absolute Gasteiger partial charge is 0.195 e. The highest BCUT2D eigenvalue weighted by molar-refractivity contribution is 6.12. The fourth-order valence-corrected chi connectivity index (χ4v) is 2.90. The maximum Gasteiger partial charge on any atom is 0.195 e. The van der Waals surface area contributed by atoms with Crippen molar-refractivity contribution in [3.63, 3.8) is 0 Å². The van der Waals surface area contributed by atoms with Crippen molar-refractivity contribution in [2.45, 2.75) is 0 Å². The Kier molecular flexibility index (Phi) is 5.46. The van der Waals surface area contributed by atoms with E-state index in [0.717, 1.165) is 22.1 Å². The van der Waals surface area contributed by atoms with Crippen LogP contribution >= 0.6 is 0 Å². The van der Waals surface area contributed by atoms with Crippen LogP contribution in [-0.2, 0) is 0 Å². The normalized spacial score (nSPS) is 10.1. The molecule has 0 fully saturated rings. The topological polar surface area (TPSA) is 121 Å². The Hall–Kier alpha value is -3.99. The van der Waals surface area contributed by atoms with Crippen LogP contribution in [0.4, 0.5) is 22.7 Å². The minimum Gasteiger partial charge on any atom is -0.399 e. The van der Waals surface area contributed by atoms with Gasteiger partial charge in [0.15, 0.2) is 5.78 Å². The number of ketones is 1. The number of anilines is 4. The number of hydrogen-bond acceptors (Lipinski definition) is 5. The number of nitrogens with two attached hydrogens (primary N) is 4. The number of hydrogen-bond donors (Lipinski definition) is 4. The summed E-state index contributed by atoms with van der Waals surface area (Å²) in [5.74, 6) is -0.106. The van der Waals surface area contributed by atoms with Crippen LogP contribution in [-0.4, -0.2) is 5.78 Å². The van der Waals surface area contributed by atoms with E-state index in [-0.39, 0.29) is 5.78 Å². The molecule has 5 nitrogen and oxygen atoms in total. The molecule has 0 amide bonds. The highest BCUT2D eigenvalue weighted by atomic mass is 16.1. The lowest BCUT2D eigenvalue weighted by Crippen LogP contribution is -2.05. The van der Waals surface area contributed by atoms with E-state index in [2.05, 4.69) is 0 Å². The Morgan fingerprint density at radius 3 is 1.68 bits per heavy atom. The van der Waals surface area contributed by atoms with E-state index in [1.54, 1.807) is 48.5 Å². The highest BCUT2D eigenvalue weighted by Gasteiger charge is 2.11. The molecule has 0 aromatic heterocycles. The van der Waals surface area contributed by atoms with Crippen molar-refractivity contribution in [2.24, 2.45) is 0 Å². The average molecular weight is 370 g/mol. The summed E-state index contributed by atoms with van der Waals surface area (Å²) in [7, 11) is 0. The van der Waals surface area contributed by atoms with E-state index in [4.69, 9.17) is 22.9 Å². The first-order valence-electron chi connectivity index (χ1n) is 8.75. The second-order valence-electron chi connectivity index (χ2n) is 6.33. The summed E-state index contributed by atoms with van der Waals surface area (Å²) in [4.78, 5) is 12.1. The molecule has 28 heavy (non-hydrogen) atoms. The molecular formula is C23H22N4O. The fourth-order valence-electron chi connectivity index (χ4n) is 2.90. The number of benzene rings is 4. The molecule has 0 aliphatic rings. The molecule has 0 unspecified atom stereocenters. The van der Waals surface area contributed by atoms with E-state index in [9.17, 15) is 4.79 Å². The van der Waals surface area contributed by atoms with Crippen LogP contribution in [0.2, 0.25) is 0 Å². The lowest BCUT2D eigenvalue weighted by Gasteiger charge is -2.04.